The van der Waals surface area contributed by atoms with Crippen LogP contribution in [0.4, 0.5) is 8.78 Å². The van der Waals surface area contributed by atoms with Gasteiger partial charge in [0.2, 0.25) is 5.91 Å². The van der Waals surface area contributed by atoms with Crippen LogP contribution in [0.2, 0.25) is 0 Å². The zero-order valence-corrected chi connectivity index (χ0v) is 9.10. The zero-order chi connectivity index (χ0) is 12.1. The molecule has 2 nitrogen and oxygen atoms in total. The first-order chi connectivity index (χ1) is 6.77. The molecule has 84 valence electrons. The second kappa shape index (κ2) is 5.44. The normalized spacial score (nSPS) is 13.0. The highest BCUT2D eigenvalue weighted by Crippen LogP contribution is 2.21. The maximum absolute atomic E-state index is 12.6. The molecule has 0 radical (unpaired) electrons. The van der Waals surface area contributed by atoms with E-state index in [1.165, 1.54) is 0 Å². The standard InChI is InChI=1S/C11H15F2NO/c1-5-9(3)14-10(15)7-6-8(2)11(4,12)13/h5-7H,2H2,1,3-4H3,(H,14,15)/b7-6+,9-5+. The van der Waals surface area contributed by atoms with Crippen LogP contribution in [0.5, 0.6) is 0 Å². The number of carbonyl (C=O) groups excluding carboxylic acids is 1. The fraction of sp³-hybridized carbons (Fsp3) is 0.364. The summed E-state index contributed by atoms with van der Waals surface area (Å²) in [6, 6.07) is 0. The number of carbonyl (C=O) groups is 1. The van der Waals surface area contributed by atoms with Crippen molar-refractivity contribution in [3.63, 3.8) is 0 Å². The van der Waals surface area contributed by atoms with Crippen LogP contribution < -0.4 is 5.32 Å². The molecule has 0 bridgehead atoms. The minimum Gasteiger partial charge on any atom is -0.327 e. The van der Waals surface area contributed by atoms with Crippen molar-refractivity contribution in [2.75, 3.05) is 0 Å². The van der Waals surface area contributed by atoms with Gasteiger partial charge in [-0.2, -0.15) is 0 Å². The Morgan fingerprint density at radius 1 is 1.40 bits per heavy atom. The minimum absolute atomic E-state index is 0.393. The van der Waals surface area contributed by atoms with E-state index in [0.29, 0.717) is 5.70 Å². The number of alkyl halides is 2. The summed E-state index contributed by atoms with van der Waals surface area (Å²) in [7, 11) is 0. The molecule has 0 aliphatic carbocycles. The van der Waals surface area contributed by atoms with Crippen LogP contribution in [-0.2, 0) is 4.79 Å². The topological polar surface area (TPSA) is 29.1 Å². The lowest BCUT2D eigenvalue weighted by molar-refractivity contribution is -0.115. The molecule has 0 saturated heterocycles. The Kier molecular flexibility index (Phi) is 4.91. The molecule has 0 saturated carbocycles. The molecular weight excluding hydrogens is 200 g/mol. The van der Waals surface area contributed by atoms with E-state index in [0.717, 1.165) is 19.1 Å². The maximum atomic E-state index is 12.6. The first-order valence-electron chi connectivity index (χ1n) is 4.46. The van der Waals surface area contributed by atoms with Crippen LogP contribution in [0.3, 0.4) is 0 Å². The summed E-state index contributed by atoms with van der Waals surface area (Å²) in [6.45, 7) is 7.36. The highest BCUT2D eigenvalue weighted by molar-refractivity contribution is 5.89. The van der Waals surface area contributed by atoms with Gasteiger partial charge in [0.1, 0.15) is 0 Å². The van der Waals surface area contributed by atoms with Gasteiger partial charge in [0.25, 0.3) is 5.92 Å². The summed E-state index contributed by atoms with van der Waals surface area (Å²) in [5.41, 5.74) is 0.273. The van der Waals surface area contributed by atoms with Gasteiger partial charge in [0, 0.05) is 24.3 Å². The predicted molar refractivity (Wildman–Crippen MR) is 56.5 cm³/mol. The molecule has 0 atom stereocenters. The Labute approximate surface area is 88.4 Å². The van der Waals surface area contributed by atoms with Crippen molar-refractivity contribution in [1.29, 1.82) is 0 Å². The van der Waals surface area contributed by atoms with Crippen molar-refractivity contribution in [2.24, 2.45) is 0 Å². The molecule has 0 aliphatic rings. The van der Waals surface area contributed by atoms with Crippen molar-refractivity contribution in [1.82, 2.24) is 5.32 Å². The molecule has 0 spiro atoms. The molecule has 0 aromatic carbocycles. The molecule has 0 aromatic heterocycles. The second-order valence-corrected chi connectivity index (χ2v) is 3.21. The summed E-state index contributed by atoms with van der Waals surface area (Å²) in [4.78, 5) is 11.1. The molecular formula is C11H15F2NO. The van der Waals surface area contributed by atoms with Crippen molar-refractivity contribution >= 4 is 5.91 Å². The molecule has 4 heteroatoms. The molecule has 0 fully saturated rings. The first kappa shape index (κ1) is 13.5. The Bertz CT molecular complexity index is 311. The van der Waals surface area contributed by atoms with Gasteiger partial charge in [-0.25, -0.2) is 8.78 Å². The van der Waals surface area contributed by atoms with Crippen molar-refractivity contribution in [2.45, 2.75) is 26.7 Å². The lowest BCUT2D eigenvalue weighted by atomic mass is 10.1. The van der Waals surface area contributed by atoms with Crippen LogP contribution in [0.25, 0.3) is 0 Å². The Balaban J connectivity index is 4.31. The summed E-state index contributed by atoms with van der Waals surface area (Å²) in [5, 5.41) is 2.49. The monoisotopic (exact) mass is 215 g/mol. The molecule has 1 N–H and O–H groups in total. The molecule has 0 heterocycles. The quantitative estimate of drug-likeness (QED) is 0.567. The van der Waals surface area contributed by atoms with E-state index in [9.17, 15) is 13.6 Å². The Morgan fingerprint density at radius 2 is 1.93 bits per heavy atom. The van der Waals surface area contributed by atoms with E-state index >= 15 is 0 Å². The summed E-state index contributed by atoms with van der Waals surface area (Å²) in [6.07, 6.45) is 3.75. The van der Waals surface area contributed by atoms with Crippen LogP contribution in [-0.4, -0.2) is 11.8 Å². The molecule has 0 aromatic rings. The van der Waals surface area contributed by atoms with E-state index in [-0.39, 0.29) is 0 Å². The molecule has 0 unspecified atom stereocenters. The number of hydrogen-bond acceptors (Lipinski definition) is 1. The number of hydrogen-bond donors (Lipinski definition) is 1. The van der Waals surface area contributed by atoms with Crippen LogP contribution >= 0.6 is 0 Å². The van der Waals surface area contributed by atoms with Gasteiger partial charge in [-0.05, 0) is 19.9 Å². The number of allylic oxidation sites excluding steroid dienone is 4. The number of amides is 1. The van der Waals surface area contributed by atoms with Gasteiger partial charge < -0.3 is 5.32 Å². The largest absolute Gasteiger partial charge is 0.327 e. The summed E-state index contributed by atoms with van der Waals surface area (Å²) in [5.74, 6) is -3.44. The molecule has 1 amide bonds. The van der Waals surface area contributed by atoms with Gasteiger partial charge in [0.15, 0.2) is 0 Å². The fourth-order valence-corrected chi connectivity index (χ4v) is 0.631. The van der Waals surface area contributed by atoms with Crippen molar-refractivity contribution < 1.29 is 13.6 Å². The van der Waals surface area contributed by atoms with Gasteiger partial charge in [-0.1, -0.05) is 12.7 Å². The lowest BCUT2D eigenvalue weighted by Crippen LogP contribution is -2.19. The summed E-state index contributed by atoms with van der Waals surface area (Å²) < 4.78 is 25.2. The Hall–Kier alpha value is -1.45. The van der Waals surface area contributed by atoms with E-state index < -0.39 is 17.4 Å². The number of nitrogens with one attached hydrogen (secondary N) is 1. The molecule has 0 rings (SSSR count). The van der Waals surface area contributed by atoms with Crippen LogP contribution in [0.1, 0.15) is 20.8 Å². The number of rotatable bonds is 4. The number of halogens is 2. The third kappa shape index (κ3) is 5.78. The highest BCUT2D eigenvalue weighted by atomic mass is 19.3. The van der Waals surface area contributed by atoms with E-state index in [1.54, 1.807) is 19.9 Å². The van der Waals surface area contributed by atoms with Crippen LogP contribution in [0.15, 0.2) is 36.1 Å². The van der Waals surface area contributed by atoms with Gasteiger partial charge in [0.05, 0.1) is 0 Å². The highest BCUT2D eigenvalue weighted by Gasteiger charge is 2.23. The Morgan fingerprint density at radius 3 is 2.33 bits per heavy atom. The van der Waals surface area contributed by atoms with E-state index in [2.05, 4.69) is 11.9 Å². The lowest BCUT2D eigenvalue weighted by Gasteiger charge is -2.09. The van der Waals surface area contributed by atoms with Crippen LogP contribution in [0, 0.1) is 0 Å². The second-order valence-electron chi connectivity index (χ2n) is 3.21. The smallest absolute Gasteiger partial charge is 0.269 e. The van der Waals surface area contributed by atoms with Gasteiger partial charge >= 0.3 is 0 Å². The predicted octanol–water partition coefficient (Wildman–Crippen LogP) is 2.79. The fourth-order valence-electron chi connectivity index (χ4n) is 0.631. The van der Waals surface area contributed by atoms with E-state index in [4.69, 9.17) is 0 Å². The van der Waals surface area contributed by atoms with E-state index in [1.807, 2.05) is 0 Å². The third-order valence-corrected chi connectivity index (χ3v) is 1.75. The van der Waals surface area contributed by atoms with Gasteiger partial charge in [-0.3, -0.25) is 4.79 Å². The average Bonchev–Trinajstić information content (AvgIpc) is 2.12. The molecule has 0 aliphatic heterocycles. The van der Waals surface area contributed by atoms with Gasteiger partial charge in [-0.15, -0.1) is 0 Å². The minimum atomic E-state index is -2.99. The zero-order valence-electron chi connectivity index (χ0n) is 9.10. The van der Waals surface area contributed by atoms with Crippen molar-refractivity contribution in [3.05, 3.63) is 36.1 Å². The average molecular weight is 215 g/mol. The SMILES string of the molecule is C=C(/C=C/C(=O)N/C(C)=C/C)C(C)(F)F. The van der Waals surface area contributed by atoms with Crippen molar-refractivity contribution in [3.8, 4) is 0 Å². The summed E-state index contributed by atoms with van der Waals surface area (Å²) >= 11 is 0. The molecule has 15 heavy (non-hydrogen) atoms. The maximum Gasteiger partial charge on any atom is 0.269 e. The first-order valence-corrected chi connectivity index (χ1v) is 4.46. The third-order valence-electron chi connectivity index (χ3n) is 1.75.